The number of nitro benzene ring substituents is 1. The Bertz CT molecular complexity index is 1090. The van der Waals surface area contributed by atoms with E-state index in [1.807, 2.05) is 0 Å². The Morgan fingerprint density at radius 3 is 2.42 bits per heavy atom. The Morgan fingerprint density at radius 2 is 1.76 bits per heavy atom. The summed E-state index contributed by atoms with van der Waals surface area (Å²) in [5.74, 6) is -1.28. The van der Waals surface area contributed by atoms with Crippen LogP contribution in [0.25, 0.3) is 0 Å². The van der Waals surface area contributed by atoms with Crippen LogP contribution in [0, 0.1) is 10.1 Å². The highest BCUT2D eigenvalue weighted by molar-refractivity contribution is 6.16. The van der Waals surface area contributed by atoms with Crippen LogP contribution in [0.15, 0.2) is 48.5 Å². The molecule has 33 heavy (non-hydrogen) atoms. The van der Waals surface area contributed by atoms with Crippen LogP contribution in [0.4, 0.5) is 17.1 Å². The molecule has 9 nitrogen and oxygen atoms in total. The van der Waals surface area contributed by atoms with E-state index in [-0.39, 0.29) is 29.6 Å². The van der Waals surface area contributed by atoms with Crippen LogP contribution >= 0.6 is 0 Å². The van der Waals surface area contributed by atoms with E-state index < -0.39 is 22.3 Å². The molecule has 0 bridgehead atoms. The lowest BCUT2D eigenvalue weighted by Crippen LogP contribution is -2.61. The number of nitro groups is 1. The second kappa shape index (κ2) is 9.01. The van der Waals surface area contributed by atoms with E-state index in [0.717, 1.165) is 32.1 Å². The summed E-state index contributed by atoms with van der Waals surface area (Å²) in [5, 5.41) is 16.9. The number of hydrogen-bond acceptors (Lipinski definition) is 5. The highest BCUT2D eigenvalue weighted by Gasteiger charge is 2.48. The summed E-state index contributed by atoms with van der Waals surface area (Å²) in [5.41, 5.74) is -0.633. The zero-order valence-corrected chi connectivity index (χ0v) is 18.4. The molecular formula is C24H26N4O5. The molecule has 2 aliphatic rings. The molecule has 2 aromatic carbocycles. The van der Waals surface area contributed by atoms with Crippen molar-refractivity contribution in [2.75, 3.05) is 10.2 Å². The molecule has 0 saturated heterocycles. The normalized spacial score (nSPS) is 20.9. The first kappa shape index (κ1) is 22.4. The first-order valence-corrected chi connectivity index (χ1v) is 11.1. The molecule has 1 atom stereocenters. The van der Waals surface area contributed by atoms with Crippen molar-refractivity contribution in [3.63, 3.8) is 0 Å². The lowest BCUT2D eigenvalue weighted by atomic mass is 9.90. The van der Waals surface area contributed by atoms with Gasteiger partial charge in [-0.2, -0.15) is 0 Å². The SMILES string of the molecule is CC1(C(=O)NC2CCCCC2)CC(=O)Nc2ccccc2N1C(=O)c1ccc([N+](=O)[O-])cc1. The predicted molar refractivity (Wildman–Crippen MR) is 123 cm³/mol. The van der Waals surface area contributed by atoms with E-state index in [1.165, 1.54) is 29.2 Å². The summed E-state index contributed by atoms with van der Waals surface area (Å²) in [6.45, 7) is 1.59. The Balaban J connectivity index is 1.77. The molecule has 1 saturated carbocycles. The van der Waals surface area contributed by atoms with Gasteiger partial charge in [0.2, 0.25) is 11.8 Å². The van der Waals surface area contributed by atoms with E-state index in [4.69, 9.17) is 0 Å². The minimum atomic E-state index is -1.49. The van der Waals surface area contributed by atoms with Crippen molar-refractivity contribution in [2.45, 2.75) is 57.0 Å². The second-order valence-corrected chi connectivity index (χ2v) is 8.77. The molecular weight excluding hydrogens is 424 g/mol. The van der Waals surface area contributed by atoms with E-state index >= 15 is 0 Å². The molecule has 0 radical (unpaired) electrons. The maximum Gasteiger partial charge on any atom is 0.269 e. The van der Waals surface area contributed by atoms with Crippen molar-refractivity contribution in [3.8, 4) is 0 Å². The molecule has 172 valence electrons. The Labute approximate surface area is 191 Å². The van der Waals surface area contributed by atoms with Gasteiger partial charge in [-0.3, -0.25) is 29.4 Å². The third kappa shape index (κ3) is 4.44. The third-order valence-electron chi connectivity index (χ3n) is 6.38. The fourth-order valence-corrected chi connectivity index (χ4v) is 4.58. The summed E-state index contributed by atoms with van der Waals surface area (Å²) in [6.07, 6.45) is 4.68. The number of non-ortho nitro benzene ring substituents is 1. The highest BCUT2D eigenvalue weighted by atomic mass is 16.6. The molecule has 1 aliphatic heterocycles. The van der Waals surface area contributed by atoms with Crippen LogP contribution in [0.1, 0.15) is 55.8 Å². The molecule has 0 spiro atoms. The minimum Gasteiger partial charge on any atom is -0.351 e. The highest BCUT2D eigenvalue weighted by Crippen LogP contribution is 2.38. The fraction of sp³-hybridized carbons (Fsp3) is 0.375. The summed E-state index contributed by atoms with van der Waals surface area (Å²) in [4.78, 5) is 52.0. The van der Waals surface area contributed by atoms with Gasteiger partial charge < -0.3 is 10.6 Å². The van der Waals surface area contributed by atoms with E-state index in [1.54, 1.807) is 31.2 Å². The smallest absolute Gasteiger partial charge is 0.269 e. The quantitative estimate of drug-likeness (QED) is 0.542. The lowest BCUT2D eigenvalue weighted by molar-refractivity contribution is -0.384. The standard InChI is InChI=1S/C24H26N4O5/c1-24(23(31)25-17-7-3-2-4-8-17)15-21(29)26-19-9-5-6-10-20(19)27(24)22(30)16-11-13-18(14-12-16)28(32)33/h5-6,9-14,17H,2-4,7-8,15H2,1H3,(H,25,31)(H,26,29). The van der Waals surface area contributed by atoms with Gasteiger partial charge in [-0.25, -0.2) is 0 Å². The van der Waals surface area contributed by atoms with Crippen molar-refractivity contribution in [1.82, 2.24) is 5.32 Å². The van der Waals surface area contributed by atoms with Crippen LogP contribution in [-0.2, 0) is 9.59 Å². The van der Waals surface area contributed by atoms with Crippen molar-refractivity contribution in [3.05, 3.63) is 64.2 Å². The maximum absolute atomic E-state index is 13.8. The number of anilines is 2. The molecule has 2 N–H and O–H groups in total. The van der Waals surface area contributed by atoms with Gasteiger partial charge in [-0.05, 0) is 44.0 Å². The zero-order chi connectivity index (χ0) is 23.6. The van der Waals surface area contributed by atoms with E-state index in [2.05, 4.69) is 10.6 Å². The van der Waals surface area contributed by atoms with E-state index in [0.29, 0.717) is 11.4 Å². The Morgan fingerprint density at radius 1 is 1.09 bits per heavy atom. The largest absolute Gasteiger partial charge is 0.351 e. The molecule has 4 rings (SSSR count). The van der Waals surface area contributed by atoms with E-state index in [9.17, 15) is 24.5 Å². The second-order valence-electron chi connectivity index (χ2n) is 8.77. The number of carbonyl (C=O) groups is 3. The number of benzene rings is 2. The third-order valence-corrected chi connectivity index (χ3v) is 6.38. The van der Waals surface area contributed by atoms with Gasteiger partial charge >= 0.3 is 0 Å². The van der Waals surface area contributed by atoms with Crippen LogP contribution in [0.5, 0.6) is 0 Å². The van der Waals surface area contributed by atoms with Gasteiger partial charge in [0.05, 0.1) is 22.7 Å². The minimum absolute atomic E-state index is 0.000889. The zero-order valence-electron chi connectivity index (χ0n) is 18.4. The Hall–Kier alpha value is -3.75. The molecule has 3 amide bonds. The van der Waals surface area contributed by atoms with Crippen LogP contribution in [0.2, 0.25) is 0 Å². The molecule has 2 aromatic rings. The number of hydrogen-bond donors (Lipinski definition) is 2. The maximum atomic E-state index is 13.8. The summed E-state index contributed by atoms with van der Waals surface area (Å²) >= 11 is 0. The van der Waals surface area contributed by atoms with Gasteiger partial charge in [-0.1, -0.05) is 31.4 Å². The topological polar surface area (TPSA) is 122 Å². The van der Waals surface area contributed by atoms with Gasteiger partial charge in [0, 0.05) is 23.7 Å². The first-order valence-electron chi connectivity index (χ1n) is 11.1. The predicted octanol–water partition coefficient (Wildman–Crippen LogP) is 3.79. The van der Waals surface area contributed by atoms with Crippen molar-refractivity contribution < 1.29 is 19.3 Å². The van der Waals surface area contributed by atoms with Crippen molar-refractivity contribution >= 4 is 34.8 Å². The van der Waals surface area contributed by atoms with Gasteiger partial charge in [0.25, 0.3) is 11.6 Å². The van der Waals surface area contributed by atoms with Crippen LogP contribution in [-0.4, -0.2) is 34.2 Å². The lowest BCUT2D eigenvalue weighted by Gasteiger charge is -2.39. The fourth-order valence-electron chi connectivity index (χ4n) is 4.58. The van der Waals surface area contributed by atoms with Crippen molar-refractivity contribution in [2.24, 2.45) is 0 Å². The van der Waals surface area contributed by atoms with Crippen LogP contribution in [0.3, 0.4) is 0 Å². The molecule has 0 aromatic heterocycles. The van der Waals surface area contributed by atoms with Crippen LogP contribution < -0.4 is 15.5 Å². The summed E-state index contributed by atoms with van der Waals surface area (Å²) in [7, 11) is 0. The average molecular weight is 450 g/mol. The summed E-state index contributed by atoms with van der Waals surface area (Å²) < 4.78 is 0. The molecule has 1 aliphatic carbocycles. The number of rotatable bonds is 4. The van der Waals surface area contributed by atoms with Gasteiger partial charge in [-0.15, -0.1) is 0 Å². The number of amides is 3. The summed E-state index contributed by atoms with van der Waals surface area (Å²) in [6, 6.07) is 12.0. The number of fused-ring (bicyclic) bond motifs is 1. The Kier molecular flexibility index (Phi) is 6.13. The first-order chi connectivity index (χ1) is 15.8. The number of nitrogens with zero attached hydrogens (tertiary/aromatic N) is 2. The molecule has 9 heteroatoms. The molecule has 1 unspecified atom stereocenters. The van der Waals surface area contributed by atoms with Gasteiger partial charge in [0.1, 0.15) is 5.54 Å². The number of para-hydroxylation sites is 2. The average Bonchev–Trinajstić information content (AvgIpc) is 2.92. The monoisotopic (exact) mass is 450 g/mol. The molecule has 1 fully saturated rings. The van der Waals surface area contributed by atoms with Crippen molar-refractivity contribution in [1.29, 1.82) is 0 Å². The molecule has 1 heterocycles. The van der Waals surface area contributed by atoms with Gasteiger partial charge in [0.15, 0.2) is 0 Å². The number of carbonyl (C=O) groups excluding carboxylic acids is 3. The number of nitrogens with one attached hydrogen (secondary N) is 2.